The van der Waals surface area contributed by atoms with E-state index in [0.717, 1.165) is 22.8 Å². The summed E-state index contributed by atoms with van der Waals surface area (Å²) in [7, 11) is 0. The smallest absolute Gasteiger partial charge is 0.325 e. The summed E-state index contributed by atoms with van der Waals surface area (Å²) in [4.78, 5) is 47.0. The van der Waals surface area contributed by atoms with E-state index in [1.807, 2.05) is 56.3 Å². The van der Waals surface area contributed by atoms with E-state index >= 15 is 0 Å². The first kappa shape index (κ1) is 22.9. The van der Waals surface area contributed by atoms with Crippen molar-refractivity contribution in [2.75, 3.05) is 19.7 Å². The molecule has 8 nitrogen and oxygen atoms in total. The molecule has 0 fully saturated rings. The van der Waals surface area contributed by atoms with E-state index in [0.29, 0.717) is 12.5 Å². The molecule has 0 unspecified atom stereocenters. The molecule has 0 saturated heterocycles. The van der Waals surface area contributed by atoms with E-state index < -0.39 is 24.5 Å². The number of carbonyl (C=O) groups excluding carboxylic acids is 4. The monoisotopic (exact) mass is 413 g/mol. The van der Waals surface area contributed by atoms with Crippen molar-refractivity contribution in [2.45, 2.75) is 26.7 Å². The molecule has 0 aliphatic rings. The first-order valence-electron chi connectivity index (χ1n) is 9.81. The SMILES string of the molecule is CC(C)CCNC(=O)NC(=O)COC(=O)CNC(=O)Cc1cccc2ccccc12. The number of urea groups is 1. The van der Waals surface area contributed by atoms with E-state index in [1.165, 1.54) is 0 Å². The van der Waals surface area contributed by atoms with Gasteiger partial charge in [0.2, 0.25) is 5.91 Å². The van der Waals surface area contributed by atoms with Crippen LogP contribution in [0.25, 0.3) is 10.8 Å². The lowest BCUT2D eigenvalue weighted by atomic mass is 10.0. The zero-order valence-corrected chi connectivity index (χ0v) is 17.2. The maximum absolute atomic E-state index is 12.1. The van der Waals surface area contributed by atoms with Crippen LogP contribution in [-0.4, -0.2) is 43.5 Å². The standard InChI is InChI=1S/C22H27N3O5/c1-15(2)10-11-23-22(29)25-20(27)14-30-21(28)13-24-19(26)12-17-8-5-7-16-6-3-4-9-18(16)17/h3-9,15H,10-14H2,1-2H3,(H,24,26)(H2,23,25,27,29). The Morgan fingerprint density at radius 3 is 2.43 bits per heavy atom. The molecule has 0 saturated carbocycles. The summed E-state index contributed by atoms with van der Waals surface area (Å²) in [5.41, 5.74) is 0.849. The molecule has 30 heavy (non-hydrogen) atoms. The molecule has 2 rings (SSSR count). The molecule has 0 aromatic heterocycles. The molecule has 0 bridgehead atoms. The summed E-state index contributed by atoms with van der Waals surface area (Å²) in [6.45, 7) is 3.52. The van der Waals surface area contributed by atoms with Gasteiger partial charge in [0.25, 0.3) is 5.91 Å². The van der Waals surface area contributed by atoms with Gasteiger partial charge >= 0.3 is 12.0 Å². The zero-order valence-electron chi connectivity index (χ0n) is 17.2. The van der Waals surface area contributed by atoms with Crippen molar-refractivity contribution >= 4 is 34.6 Å². The molecule has 2 aromatic carbocycles. The van der Waals surface area contributed by atoms with Gasteiger partial charge in [-0.1, -0.05) is 56.3 Å². The number of hydrogen-bond donors (Lipinski definition) is 3. The highest BCUT2D eigenvalue weighted by atomic mass is 16.5. The second kappa shape index (κ2) is 11.5. The predicted molar refractivity (Wildman–Crippen MR) is 113 cm³/mol. The van der Waals surface area contributed by atoms with Gasteiger partial charge in [0.15, 0.2) is 6.61 Å². The van der Waals surface area contributed by atoms with Gasteiger partial charge < -0.3 is 15.4 Å². The fraction of sp³-hybridized carbons (Fsp3) is 0.364. The molecule has 0 heterocycles. The molecule has 160 valence electrons. The van der Waals surface area contributed by atoms with Crippen molar-refractivity contribution in [1.29, 1.82) is 0 Å². The summed E-state index contributed by atoms with van der Waals surface area (Å²) in [6.07, 6.45) is 0.904. The zero-order chi connectivity index (χ0) is 21.9. The van der Waals surface area contributed by atoms with Gasteiger partial charge in [-0.3, -0.25) is 19.7 Å². The van der Waals surface area contributed by atoms with Gasteiger partial charge in [-0.05, 0) is 28.7 Å². The van der Waals surface area contributed by atoms with Crippen molar-refractivity contribution in [3.8, 4) is 0 Å². The Labute approximate surface area is 175 Å². The maximum atomic E-state index is 12.1. The van der Waals surface area contributed by atoms with Crippen LogP contribution in [0.3, 0.4) is 0 Å². The van der Waals surface area contributed by atoms with Crippen LogP contribution in [0, 0.1) is 5.92 Å². The third-order valence-electron chi connectivity index (χ3n) is 4.29. The van der Waals surface area contributed by atoms with Crippen molar-refractivity contribution in [3.63, 3.8) is 0 Å². The minimum Gasteiger partial charge on any atom is -0.454 e. The molecule has 3 N–H and O–H groups in total. The van der Waals surface area contributed by atoms with E-state index in [-0.39, 0.29) is 18.9 Å². The summed E-state index contributed by atoms with van der Waals surface area (Å²) in [6, 6.07) is 12.8. The summed E-state index contributed by atoms with van der Waals surface area (Å²) in [5.74, 6) is -1.42. The number of ether oxygens (including phenoxy) is 1. The minimum atomic E-state index is -0.767. The Bertz CT molecular complexity index is 905. The number of imide groups is 1. The van der Waals surface area contributed by atoms with Gasteiger partial charge in [-0.2, -0.15) is 0 Å². The molecular formula is C22H27N3O5. The van der Waals surface area contributed by atoms with Crippen LogP contribution in [0.5, 0.6) is 0 Å². The van der Waals surface area contributed by atoms with Crippen LogP contribution in [0.4, 0.5) is 4.79 Å². The Kier molecular flexibility index (Phi) is 8.80. The molecule has 0 aliphatic carbocycles. The fourth-order valence-electron chi connectivity index (χ4n) is 2.73. The summed E-state index contributed by atoms with van der Waals surface area (Å²) in [5, 5.41) is 9.09. The second-order valence-corrected chi connectivity index (χ2v) is 7.24. The van der Waals surface area contributed by atoms with Crippen LogP contribution in [0.1, 0.15) is 25.8 Å². The van der Waals surface area contributed by atoms with E-state index in [2.05, 4.69) is 16.0 Å². The minimum absolute atomic E-state index is 0.117. The molecule has 0 atom stereocenters. The number of amides is 4. The largest absolute Gasteiger partial charge is 0.454 e. The topological polar surface area (TPSA) is 114 Å². The Balaban J connectivity index is 1.68. The highest BCUT2D eigenvalue weighted by molar-refractivity contribution is 5.96. The Hall–Kier alpha value is -3.42. The van der Waals surface area contributed by atoms with Gasteiger partial charge in [-0.15, -0.1) is 0 Å². The van der Waals surface area contributed by atoms with Crippen LogP contribution in [0.2, 0.25) is 0 Å². The summed E-state index contributed by atoms with van der Waals surface area (Å²) < 4.78 is 4.77. The van der Waals surface area contributed by atoms with Gasteiger partial charge in [0.1, 0.15) is 6.54 Å². The molecule has 8 heteroatoms. The Morgan fingerprint density at radius 2 is 1.67 bits per heavy atom. The third kappa shape index (κ3) is 7.90. The number of benzene rings is 2. The van der Waals surface area contributed by atoms with Crippen LogP contribution in [0.15, 0.2) is 42.5 Å². The molecule has 4 amide bonds. The van der Waals surface area contributed by atoms with Crippen LogP contribution < -0.4 is 16.0 Å². The molecule has 2 aromatic rings. The number of esters is 1. The lowest BCUT2D eigenvalue weighted by Gasteiger charge is -2.09. The van der Waals surface area contributed by atoms with Crippen LogP contribution in [-0.2, 0) is 25.5 Å². The molecule has 0 spiro atoms. The highest BCUT2D eigenvalue weighted by Gasteiger charge is 2.13. The first-order chi connectivity index (χ1) is 14.3. The number of rotatable bonds is 9. The lowest BCUT2D eigenvalue weighted by molar-refractivity contribution is -0.148. The molecule has 0 radical (unpaired) electrons. The number of carbonyl (C=O) groups is 4. The van der Waals surface area contributed by atoms with E-state index in [4.69, 9.17) is 4.74 Å². The molecule has 0 aliphatic heterocycles. The van der Waals surface area contributed by atoms with Crippen molar-refractivity contribution < 1.29 is 23.9 Å². The second-order valence-electron chi connectivity index (χ2n) is 7.24. The number of nitrogens with one attached hydrogen (secondary N) is 3. The van der Waals surface area contributed by atoms with Crippen molar-refractivity contribution in [3.05, 3.63) is 48.0 Å². The quantitative estimate of drug-likeness (QED) is 0.544. The fourth-order valence-corrected chi connectivity index (χ4v) is 2.73. The van der Waals surface area contributed by atoms with Crippen molar-refractivity contribution in [1.82, 2.24) is 16.0 Å². The lowest BCUT2D eigenvalue weighted by Crippen LogP contribution is -2.42. The number of hydrogen-bond acceptors (Lipinski definition) is 5. The average Bonchev–Trinajstić information content (AvgIpc) is 2.70. The van der Waals surface area contributed by atoms with Gasteiger partial charge in [0, 0.05) is 6.54 Å². The number of fused-ring (bicyclic) bond motifs is 1. The first-order valence-corrected chi connectivity index (χ1v) is 9.81. The highest BCUT2D eigenvalue weighted by Crippen LogP contribution is 2.18. The third-order valence-corrected chi connectivity index (χ3v) is 4.29. The Morgan fingerprint density at radius 1 is 0.933 bits per heavy atom. The van der Waals surface area contributed by atoms with Crippen LogP contribution >= 0.6 is 0 Å². The molecular weight excluding hydrogens is 386 g/mol. The van der Waals surface area contributed by atoms with Crippen molar-refractivity contribution in [2.24, 2.45) is 5.92 Å². The van der Waals surface area contributed by atoms with Gasteiger partial charge in [0.05, 0.1) is 6.42 Å². The predicted octanol–water partition coefficient (Wildman–Crippen LogP) is 1.91. The average molecular weight is 413 g/mol. The maximum Gasteiger partial charge on any atom is 0.325 e. The van der Waals surface area contributed by atoms with E-state index in [1.54, 1.807) is 0 Å². The normalized spacial score (nSPS) is 10.5. The van der Waals surface area contributed by atoms with Gasteiger partial charge in [-0.25, -0.2) is 4.79 Å². The van der Waals surface area contributed by atoms with E-state index in [9.17, 15) is 19.2 Å². The summed E-state index contributed by atoms with van der Waals surface area (Å²) >= 11 is 0.